The standard InChI is InChI=1S/C16H25ClN2O2.ClH/c1-12(2)10-16(3,11-18)19-15(20)8-9-21-14-6-4-13(17)5-7-14;/h4-7,12H,8-11,18H2,1-3H3,(H,19,20);1H. The lowest BCUT2D eigenvalue weighted by Crippen LogP contribution is -2.52. The molecule has 0 heterocycles. The summed E-state index contributed by atoms with van der Waals surface area (Å²) in [5, 5.41) is 3.66. The first kappa shape index (κ1) is 21.0. The molecule has 4 nitrogen and oxygen atoms in total. The molecule has 1 aromatic rings. The van der Waals surface area contributed by atoms with Crippen LogP contribution in [0.25, 0.3) is 0 Å². The maximum absolute atomic E-state index is 12.0. The minimum Gasteiger partial charge on any atom is -0.493 e. The van der Waals surface area contributed by atoms with Crippen molar-refractivity contribution in [3.63, 3.8) is 0 Å². The summed E-state index contributed by atoms with van der Waals surface area (Å²) in [6.45, 7) is 6.96. The molecule has 0 aliphatic carbocycles. The predicted octanol–water partition coefficient (Wildman–Crippen LogP) is 3.41. The molecule has 0 bridgehead atoms. The zero-order valence-electron chi connectivity index (χ0n) is 13.4. The van der Waals surface area contributed by atoms with Crippen LogP contribution >= 0.6 is 24.0 Å². The van der Waals surface area contributed by atoms with Gasteiger partial charge < -0.3 is 15.8 Å². The molecule has 6 heteroatoms. The highest BCUT2D eigenvalue weighted by Gasteiger charge is 2.25. The van der Waals surface area contributed by atoms with Crippen LogP contribution in [-0.4, -0.2) is 24.6 Å². The fraction of sp³-hybridized carbons (Fsp3) is 0.562. The van der Waals surface area contributed by atoms with Crippen molar-refractivity contribution in [2.24, 2.45) is 11.7 Å². The van der Waals surface area contributed by atoms with E-state index in [1.54, 1.807) is 24.3 Å². The number of ether oxygens (including phenoxy) is 1. The van der Waals surface area contributed by atoms with Crippen LogP contribution in [-0.2, 0) is 4.79 Å². The van der Waals surface area contributed by atoms with Gasteiger partial charge in [-0.1, -0.05) is 25.4 Å². The van der Waals surface area contributed by atoms with E-state index >= 15 is 0 Å². The van der Waals surface area contributed by atoms with E-state index in [1.807, 2.05) is 6.92 Å². The Morgan fingerprint density at radius 1 is 1.36 bits per heavy atom. The topological polar surface area (TPSA) is 64.3 Å². The van der Waals surface area contributed by atoms with Crippen LogP contribution in [0.5, 0.6) is 5.75 Å². The quantitative estimate of drug-likeness (QED) is 0.756. The molecular formula is C16H26Cl2N2O2. The number of carbonyl (C=O) groups excluding carboxylic acids is 1. The van der Waals surface area contributed by atoms with Gasteiger partial charge in [0.15, 0.2) is 0 Å². The average molecular weight is 349 g/mol. The lowest BCUT2D eigenvalue weighted by Gasteiger charge is -2.31. The molecule has 1 amide bonds. The molecule has 126 valence electrons. The van der Waals surface area contributed by atoms with Crippen LogP contribution < -0.4 is 15.8 Å². The Hall–Kier alpha value is -0.970. The molecule has 1 unspecified atom stereocenters. The van der Waals surface area contributed by atoms with Crippen molar-refractivity contribution < 1.29 is 9.53 Å². The average Bonchev–Trinajstić information content (AvgIpc) is 2.40. The largest absolute Gasteiger partial charge is 0.493 e. The van der Waals surface area contributed by atoms with Gasteiger partial charge in [0.05, 0.1) is 13.0 Å². The highest BCUT2D eigenvalue weighted by Crippen LogP contribution is 2.17. The van der Waals surface area contributed by atoms with Crippen LogP contribution in [0.3, 0.4) is 0 Å². The van der Waals surface area contributed by atoms with Gasteiger partial charge in [-0.15, -0.1) is 12.4 Å². The molecule has 0 radical (unpaired) electrons. The van der Waals surface area contributed by atoms with Crippen molar-refractivity contribution in [1.82, 2.24) is 5.32 Å². The Morgan fingerprint density at radius 3 is 2.45 bits per heavy atom. The van der Waals surface area contributed by atoms with Gasteiger partial charge in [-0.05, 0) is 43.5 Å². The Bertz CT molecular complexity index is 452. The second kappa shape index (κ2) is 9.93. The number of benzene rings is 1. The summed E-state index contributed by atoms with van der Waals surface area (Å²) in [4.78, 5) is 12.0. The zero-order valence-corrected chi connectivity index (χ0v) is 15.0. The molecule has 0 saturated heterocycles. The van der Waals surface area contributed by atoms with Crippen LogP contribution in [0.4, 0.5) is 0 Å². The van der Waals surface area contributed by atoms with E-state index in [0.29, 0.717) is 36.3 Å². The number of halogens is 2. The molecule has 0 spiro atoms. The van der Waals surface area contributed by atoms with E-state index < -0.39 is 0 Å². The molecule has 0 aromatic heterocycles. The number of nitrogens with one attached hydrogen (secondary N) is 1. The van der Waals surface area contributed by atoms with Crippen LogP contribution in [0.15, 0.2) is 24.3 Å². The second-order valence-corrected chi connectivity index (χ2v) is 6.40. The van der Waals surface area contributed by atoms with E-state index in [2.05, 4.69) is 19.2 Å². The SMILES string of the molecule is CC(C)CC(C)(CN)NC(=O)CCOc1ccc(Cl)cc1.Cl. The third-order valence-corrected chi connectivity index (χ3v) is 3.41. The third kappa shape index (κ3) is 7.87. The van der Waals surface area contributed by atoms with E-state index in [-0.39, 0.29) is 23.9 Å². The van der Waals surface area contributed by atoms with Crippen molar-refractivity contribution in [2.75, 3.05) is 13.2 Å². The Balaban J connectivity index is 0.00000441. The summed E-state index contributed by atoms with van der Waals surface area (Å²) in [5.41, 5.74) is 5.42. The monoisotopic (exact) mass is 348 g/mol. The lowest BCUT2D eigenvalue weighted by atomic mass is 9.90. The van der Waals surface area contributed by atoms with Crippen LogP contribution in [0.2, 0.25) is 5.02 Å². The molecule has 3 N–H and O–H groups in total. The lowest BCUT2D eigenvalue weighted by molar-refractivity contribution is -0.123. The first-order chi connectivity index (χ1) is 9.84. The van der Waals surface area contributed by atoms with Crippen molar-refractivity contribution >= 4 is 29.9 Å². The van der Waals surface area contributed by atoms with Gasteiger partial charge >= 0.3 is 0 Å². The Morgan fingerprint density at radius 2 is 1.95 bits per heavy atom. The first-order valence-corrected chi connectivity index (χ1v) is 7.62. The highest BCUT2D eigenvalue weighted by molar-refractivity contribution is 6.30. The molecule has 0 aliphatic rings. The molecule has 22 heavy (non-hydrogen) atoms. The van der Waals surface area contributed by atoms with Gasteiger partial charge in [0.2, 0.25) is 5.91 Å². The molecule has 1 aromatic carbocycles. The van der Waals surface area contributed by atoms with Gasteiger partial charge in [-0.3, -0.25) is 4.79 Å². The number of nitrogens with two attached hydrogens (primary N) is 1. The number of amides is 1. The number of rotatable bonds is 8. The van der Waals surface area contributed by atoms with Gasteiger partial charge in [0.1, 0.15) is 5.75 Å². The highest BCUT2D eigenvalue weighted by atomic mass is 35.5. The van der Waals surface area contributed by atoms with Gasteiger partial charge in [-0.25, -0.2) is 0 Å². The van der Waals surface area contributed by atoms with Gasteiger partial charge in [-0.2, -0.15) is 0 Å². The summed E-state index contributed by atoms with van der Waals surface area (Å²) in [6, 6.07) is 7.07. The Kier molecular flexibility index (Phi) is 9.49. The minimum absolute atomic E-state index is 0. The Labute approximate surface area is 144 Å². The third-order valence-electron chi connectivity index (χ3n) is 3.16. The zero-order chi connectivity index (χ0) is 15.9. The van der Waals surface area contributed by atoms with Crippen molar-refractivity contribution in [3.8, 4) is 5.75 Å². The van der Waals surface area contributed by atoms with Gasteiger partial charge in [0.25, 0.3) is 0 Å². The van der Waals surface area contributed by atoms with Crippen molar-refractivity contribution in [2.45, 2.75) is 39.2 Å². The maximum atomic E-state index is 12.0. The summed E-state index contributed by atoms with van der Waals surface area (Å²) in [7, 11) is 0. The van der Waals surface area contributed by atoms with Crippen molar-refractivity contribution in [3.05, 3.63) is 29.3 Å². The fourth-order valence-corrected chi connectivity index (χ4v) is 2.40. The molecular weight excluding hydrogens is 323 g/mol. The predicted molar refractivity (Wildman–Crippen MR) is 93.9 cm³/mol. The van der Waals surface area contributed by atoms with E-state index in [4.69, 9.17) is 22.1 Å². The molecule has 0 fully saturated rings. The normalized spacial score (nSPS) is 13.2. The molecule has 1 atom stereocenters. The summed E-state index contributed by atoms with van der Waals surface area (Å²) in [6.07, 6.45) is 1.16. The van der Waals surface area contributed by atoms with Crippen LogP contribution in [0, 0.1) is 5.92 Å². The molecule has 0 saturated carbocycles. The number of hydrogen-bond acceptors (Lipinski definition) is 3. The molecule has 0 aliphatic heterocycles. The number of hydrogen-bond donors (Lipinski definition) is 2. The number of carbonyl (C=O) groups is 1. The van der Waals surface area contributed by atoms with E-state index in [0.717, 1.165) is 6.42 Å². The summed E-state index contributed by atoms with van der Waals surface area (Å²) >= 11 is 5.79. The van der Waals surface area contributed by atoms with Crippen LogP contribution in [0.1, 0.15) is 33.6 Å². The van der Waals surface area contributed by atoms with E-state index in [1.165, 1.54) is 0 Å². The minimum atomic E-state index is -0.356. The smallest absolute Gasteiger partial charge is 0.223 e. The maximum Gasteiger partial charge on any atom is 0.223 e. The first-order valence-electron chi connectivity index (χ1n) is 7.24. The second-order valence-electron chi connectivity index (χ2n) is 5.96. The fourth-order valence-electron chi connectivity index (χ4n) is 2.28. The summed E-state index contributed by atoms with van der Waals surface area (Å²) < 4.78 is 5.51. The van der Waals surface area contributed by atoms with Gasteiger partial charge in [0, 0.05) is 17.1 Å². The van der Waals surface area contributed by atoms with E-state index in [9.17, 15) is 4.79 Å². The summed E-state index contributed by atoms with van der Waals surface area (Å²) in [5.74, 6) is 1.14. The van der Waals surface area contributed by atoms with Crippen molar-refractivity contribution in [1.29, 1.82) is 0 Å². The molecule has 1 rings (SSSR count).